The first kappa shape index (κ1) is 22.8. The molecule has 0 spiro atoms. The normalized spacial score (nSPS) is 20.3. The highest BCUT2D eigenvalue weighted by molar-refractivity contribution is 7.86. The zero-order chi connectivity index (χ0) is 22.3. The van der Waals surface area contributed by atoms with Crippen molar-refractivity contribution in [2.45, 2.75) is 64.7 Å². The molecule has 3 nitrogen and oxygen atoms in total. The van der Waals surface area contributed by atoms with Crippen molar-refractivity contribution < 1.29 is 13.0 Å². The predicted molar refractivity (Wildman–Crippen MR) is 125 cm³/mol. The average molecular weight is 427 g/mol. The summed E-state index contributed by atoms with van der Waals surface area (Å²) in [6.45, 7) is 13.0. The van der Waals surface area contributed by atoms with Gasteiger partial charge < -0.3 is 0 Å². The number of allylic oxidation sites excluding steroid dienone is 2. The van der Waals surface area contributed by atoms with Gasteiger partial charge >= 0.3 is 0 Å². The molecule has 0 fully saturated rings. The Balaban J connectivity index is 2.23. The van der Waals surface area contributed by atoms with E-state index in [1.165, 1.54) is 5.56 Å². The monoisotopic (exact) mass is 426 g/mol. The molecule has 1 aliphatic rings. The van der Waals surface area contributed by atoms with Crippen LogP contribution in [0.5, 0.6) is 0 Å². The van der Waals surface area contributed by atoms with Gasteiger partial charge in [-0.25, -0.2) is 0 Å². The molecular weight excluding hydrogens is 392 g/mol. The molecule has 3 rings (SSSR count). The fourth-order valence-corrected chi connectivity index (χ4v) is 5.44. The molecule has 0 heterocycles. The van der Waals surface area contributed by atoms with Crippen molar-refractivity contribution in [3.05, 3.63) is 59.7 Å². The summed E-state index contributed by atoms with van der Waals surface area (Å²) in [5.41, 5.74) is 4.23. The molecule has 4 heteroatoms. The lowest BCUT2D eigenvalue weighted by atomic mass is 9.74. The molecule has 162 valence electrons. The molecule has 0 amide bonds. The van der Waals surface area contributed by atoms with Crippen molar-refractivity contribution in [1.82, 2.24) is 0 Å². The highest BCUT2D eigenvalue weighted by Crippen LogP contribution is 2.43. The molecule has 0 bridgehead atoms. The second-order valence-corrected chi connectivity index (χ2v) is 11.4. The van der Waals surface area contributed by atoms with Crippen LogP contribution in [0.3, 0.4) is 0 Å². The Kier molecular flexibility index (Phi) is 6.31. The van der Waals surface area contributed by atoms with E-state index in [4.69, 9.17) is 0 Å². The molecule has 1 N–H and O–H groups in total. The fourth-order valence-electron chi connectivity index (χ4n) is 4.51. The van der Waals surface area contributed by atoms with E-state index in [-0.39, 0.29) is 16.2 Å². The first-order valence-corrected chi connectivity index (χ1v) is 12.3. The number of hydrogen-bond acceptors (Lipinski definition) is 2. The molecule has 2 aromatic carbocycles. The molecule has 0 radical (unpaired) electrons. The standard InChI is InChI=1S/C26H34O3S/c1-17(2)21-15-10-18(3)16-24(21)23-9-7-8-22(25(23)30(27,28)29)19-11-13-20(14-12-19)26(4,5)6/h7-9,11-14,16-18,21H,10,15H2,1-6H3,(H,27,28,29)/t18-,21+/m1/s1. The van der Waals surface area contributed by atoms with E-state index < -0.39 is 10.1 Å². The molecule has 0 aliphatic heterocycles. The Morgan fingerprint density at radius 3 is 2.10 bits per heavy atom. The van der Waals surface area contributed by atoms with Crippen molar-refractivity contribution in [2.24, 2.45) is 17.8 Å². The van der Waals surface area contributed by atoms with Gasteiger partial charge in [0.1, 0.15) is 4.90 Å². The van der Waals surface area contributed by atoms with E-state index in [0.717, 1.165) is 24.0 Å². The van der Waals surface area contributed by atoms with Crippen LogP contribution in [-0.2, 0) is 15.5 Å². The predicted octanol–water partition coefficient (Wildman–Crippen LogP) is 6.98. The molecule has 1 aliphatic carbocycles. The second-order valence-electron chi connectivity index (χ2n) is 10.0. The van der Waals surface area contributed by atoms with Crippen molar-refractivity contribution in [2.75, 3.05) is 0 Å². The molecule has 0 aromatic heterocycles. The lowest BCUT2D eigenvalue weighted by molar-refractivity contribution is 0.396. The van der Waals surface area contributed by atoms with Gasteiger partial charge in [0.2, 0.25) is 0 Å². The van der Waals surface area contributed by atoms with Crippen LogP contribution in [0.15, 0.2) is 53.4 Å². The van der Waals surface area contributed by atoms with Gasteiger partial charge in [0.25, 0.3) is 10.1 Å². The van der Waals surface area contributed by atoms with Gasteiger partial charge in [-0.15, -0.1) is 0 Å². The lowest BCUT2D eigenvalue weighted by Gasteiger charge is -2.31. The van der Waals surface area contributed by atoms with Crippen LogP contribution in [0.4, 0.5) is 0 Å². The van der Waals surface area contributed by atoms with Crippen LogP contribution < -0.4 is 0 Å². The Labute approximate surface area is 182 Å². The first-order valence-electron chi connectivity index (χ1n) is 10.8. The largest absolute Gasteiger partial charge is 0.295 e. The second kappa shape index (κ2) is 8.32. The Hall–Kier alpha value is -1.91. The lowest BCUT2D eigenvalue weighted by Crippen LogP contribution is -2.19. The van der Waals surface area contributed by atoms with Crippen molar-refractivity contribution in [3.63, 3.8) is 0 Å². The average Bonchev–Trinajstić information content (AvgIpc) is 2.66. The van der Waals surface area contributed by atoms with Gasteiger partial charge in [0, 0.05) is 5.56 Å². The minimum absolute atomic E-state index is 0.0137. The van der Waals surface area contributed by atoms with E-state index in [2.05, 4.69) is 47.6 Å². The molecule has 2 atom stereocenters. The summed E-state index contributed by atoms with van der Waals surface area (Å²) in [6, 6.07) is 13.5. The summed E-state index contributed by atoms with van der Waals surface area (Å²) in [5, 5.41) is 0. The Bertz CT molecular complexity index is 1040. The first-order chi connectivity index (χ1) is 13.9. The van der Waals surface area contributed by atoms with Gasteiger partial charge in [-0.1, -0.05) is 90.1 Å². The van der Waals surface area contributed by atoms with Crippen molar-refractivity contribution in [1.29, 1.82) is 0 Å². The molecule has 2 aromatic rings. The maximum absolute atomic E-state index is 12.6. The summed E-state index contributed by atoms with van der Waals surface area (Å²) in [7, 11) is -4.41. The van der Waals surface area contributed by atoms with Gasteiger partial charge in [-0.05, 0) is 58.3 Å². The highest BCUT2D eigenvalue weighted by Gasteiger charge is 2.30. The Morgan fingerprint density at radius 2 is 1.57 bits per heavy atom. The summed E-state index contributed by atoms with van der Waals surface area (Å²) < 4.78 is 35.5. The van der Waals surface area contributed by atoms with Gasteiger partial charge in [0.05, 0.1) is 0 Å². The zero-order valence-electron chi connectivity index (χ0n) is 18.9. The maximum Gasteiger partial charge on any atom is 0.295 e. The van der Waals surface area contributed by atoms with Gasteiger partial charge in [-0.2, -0.15) is 8.42 Å². The fraction of sp³-hybridized carbons (Fsp3) is 0.462. The number of rotatable bonds is 4. The molecular formula is C26H34O3S. The van der Waals surface area contributed by atoms with E-state index >= 15 is 0 Å². The Morgan fingerprint density at radius 1 is 0.967 bits per heavy atom. The van der Waals surface area contributed by atoms with Crippen LogP contribution in [0.1, 0.15) is 65.5 Å². The van der Waals surface area contributed by atoms with Crippen LogP contribution in [0, 0.1) is 17.8 Å². The van der Waals surface area contributed by atoms with Crippen LogP contribution in [-0.4, -0.2) is 13.0 Å². The summed E-state index contributed by atoms with van der Waals surface area (Å²) in [5.74, 6) is 1.06. The number of benzene rings is 2. The third-order valence-electron chi connectivity index (χ3n) is 6.25. The van der Waals surface area contributed by atoms with Crippen molar-refractivity contribution >= 4 is 15.7 Å². The van der Waals surface area contributed by atoms with Gasteiger partial charge in [-0.3, -0.25) is 4.55 Å². The van der Waals surface area contributed by atoms with E-state index in [9.17, 15) is 13.0 Å². The molecule has 0 unspecified atom stereocenters. The quantitative estimate of drug-likeness (QED) is 0.536. The van der Waals surface area contributed by atoms with Crippen LogP contribution in [0.2, 0.25) is 0 Å². The van der Waals surface area contributed by atoms with Crippen LogP contribution >= 0.6 is 0 Å². The summed E-state index contributed by atoms with van der Waals surface area (Å²) >= 11 is 0. The minimum Gasteiger partial charge on any atom is -0.282 e. The van der Waals surface area contributed by atoms with Crippen molar-refractivity contribution in [3.8, 4) is 11.1 Å². The van der Waals surface area contributed by atoms with E-state index in [0.29, 0.717) is 23.0 Å². The van der Waals surface area contributed by atoms with E-state index in [1.807, 2.05) is 36.4 Å². The topological polar surface area (TPSA) is 54.4 Å². The third kappa shape index (κ3) is 4.70. The van der Waals surface area contributed by atoms with Gasteiger partial charge in [0.15, 0.2) is 0 Å². The smallest absolute Gasteiger partial charge is 0.282 e. The molecule has 0 saturated carbocycles. The molecule has 0 saturated heterocycles. The van der Waals surface area contributed by atoms with Crippen LogP contribution in [0.25, 0.3) is 16.7 Å². The molecule has 30 heavy (non-hydrogen) atoms. The highest BCUT2D eigenvalue weighted by atomic mass is 32.2. The number of hydrogen-bond donors (Lipinski definition) is 1. The zero-order valence-corrected chi connectivity index (χ0v) is 19.8. The van der Waals surface area contributed by atoms with E-state index in [1.54, 1.807) is 6.07 Å². The maximum atomic E-state index is 12.6. The summed E-state index contributed by atoms with van der Waals surface area (Å²) in [6.07, 6.45) is 4.33. The third-order valence-corrected chi connectivity index (χ3v) is 7.20. The summed E-state index contributed by atoms with van der Waals surface area (Å²) in [4.78, 5) is 0.0273. The SMILES string of the molecule is CC(C)[C@@H]1CC[C@@H](C)C=C1c1cccc(-c2ccc(C(C)(C)C)cc2)c1S(=O)(=O)O. The minimum atomic E-state index is -4.41.